The van der Waals surface area contributed by atoms with Crippen molar-refractivity contribution in [2.75, 3.05) is 0 Å². The van der Waals surface area contributed by atoms with Crippen LogP contribution >= 0.6 is 0 Å². The third-order valence-electron chi connectivity index (χ3n) is 0. The van der Waals surface area contributed by atoms with Gasteiger partial charge in [0.25, 0.3) is 0 Å². The molecular weight excluding hydrogens is 197 g/mol. The van der Waals surface area contributed by atoms with E-state index in [1.807, 2.05) is 0 Å². The van der Waals surface area contributed by atoms with Crippen LogP contribution in [0.3, 0.4) is 0 Å². The fraction of sp³-hybridized carbons (Fsp3) is 0. The van der Waals surface area contributed by atoms with Gasteiger partial charge >= 0.3 is 54.3 Å². The first-order valence-electron chi connectivity index (χ1n) is 1.35. The Kier molecular flexibility index (Phi) is 35.1. The molecule has 0 radical (unpaired) electrons. The molecule has 66 valence electrons. The molecule has 0 aromatic heterocycles. The summed E-state index contributed by atoms with van der Waals surface area (Å²) in [5.41, 5.74) is 0. The van der Waals surface area contributed by atoms with Crippen LogP contribution in [0.5, 0.6) is 0 Å². The van der Waals surface area contributed by atoms with Crippen molar-refractivity contribution in [1.29, 1.82) is 0 Å². The van der Waals surface area contributed by atoms with Gasteiger partial charge in [-0.15, -0.1) is 0 Å². The van der Waals surface area contributed by atoms with Crippen molar-refractivity contribution in [3.63, 3.8) is 0 Å². The first-order chi connectivity index (χ1) is 3.73. The van der Waals surface area contributed by atoms with Gasteiger partial charge in [0.1, 0.15) is 0 Å². The minimum atomic E-state index is -4.67. The maximum Gasteiger partial charge on any atom is 1.00 e. The second-order valence-electron chi connectivity index (χ2n) is 0.730. The van der Waals surface area contributed by atoms with Crippen LogP contribution in [0.4, 0.5) is 4.79 Å². The molecule has 0 fully saturated rings. The number of hydrogen-bond donors (Lipinski definition) is 4. The van der Waals surface area contributed by atoms with Crippen molar-refractivity contribution >= 4 is 33.9 Å². The summed E-state index contributed by atoms with van der Waals surface area (Å²) >= 11 is 0. The predicted molar refractivity (Wildman–Crippen MR) is 37.0 cm³/mol. The average Bonchev–Trinajstić information content (AvgIpc) is 1.19. The Hall–Kier alpha value is 0.867. The number of hydrogen-bond acceptors (Lipinski definition) is 3. The third kappa shape index (κ3) is 1410. The van der Waals surface area contributed by atoms with Crippen LogP contribution in [0.2, 0.25) is 0 Å². The molecule has 11 heteroatoms. The summed E-state index contributed by atoms with van der Waals surface area (Å²) in [6.07, 6.45) is -1.83. The van der Waals surface area contributed by atoms with E-state index in [0.717, 1.165) is 0 Å². The quantitative estimate of drug-likeness (QED) is 0.228. The molecule has 0 aromatic carbocycles. The number of carbonyl (C=O) groups is 1. The van der Waals surface area contributed by atoms with Crippen molar-refractivity contribution < 1.29 is 73.1 Å². The van der Waals surface area contributed by atoms with E-state index in [9.17, 15) is 0 Å². The minimum absolute atomic E-state index is 0. The van der Waals surface area contributed by atoms with E-state index in [0.29, 0.717) is 0 Å². The van der Waals surface area contributed by atoms with Crippen LogP contribution in [0, 0.1) is 0 Å². The maximum atomic E-state index is 8.74. The Bertz CT molecular complexity index is 172. The van der Waals surface area contributed by atoms with Crippen LogP contribution in [0.15, 0.2) is 0 Å². The van der Waals surface area contributed by atoms with Crippen LogP contribution < -0.4 is 37.7 Å². The molecule has 12 heavy (non-hydrogen) atoms. The summed E-state index contributed by atoms with van der Waals surface area (Å²) in [4.78, 5) is 8.56. The van der Waals surface area contributed by atoms with Gasteiger partial charge in [-0.05, 0) is 0 Å². The van der Waals surface area contributed by atoms with E-state index in [4.69, 9.17) is 32.5 Å². The molecule has 7 nitrogen and oxygen atoms in total. The van der Waals surface area contributed by atoms with E-state index < -0.39 is 16.6 Å². The van der Waals surface area contributed by atoms with Gasteiger partial charge in [0.15, 0.2) is 17.4 Å². The molecule has 0 spiro atoms. The molecule has 0 aliphatic rings. The monoisotopic (exact) mass is 206 g/mol. The van der Waals surface area contributed by atoms with Gasteiger partial charge in [-0.3, -0.25) is 9.11 Å². The molecule has 4 N–H and O–H groups in total. The summed E-state index contributed by atoms with van der Waals surface area (Å²) in [5.74, 6) is 0. The summed E-state index contributed by atoms with van der Waals surface area (Å²) in [7, 11) is -4.67. The molecule has 0 heterocycles. The molecule has 0 aromatic rings. The third-order valence-corrected chi connectivity index (χ3v) is 0. The Balaban J connectivity index is -0.0000000104. The maximum absolute atomic E-state index is 8.74. The van der Waals surface area contributed by atoms with Crippen molar-refractivity contribution in [2.45, 2.75) is 0 Å². The molecule has 0 amide bonds. The SMILES string of the molecule is O=C(O)O.O=S(=O)(O)O.[AlH3].[H-].[H-].[Li+].[Li+]. The first-order valence-corrected chi connectivity index (χ1v) is 2.75. The van der Waals surface area contributed by atoms with E-state index in [2.05, 4.69) is 0 Å². The van der Waals surface area contributed by atoms with Gasteiger partial charge < -0.3 is 13.1 Å². The molecule has 0 rings (SSSR count). The molecule has 0 saturated carbocycles. The van der Waals surface area contributed by atoms with Gasteiger partial charge in [0, 0.05) is 0 Å². The Morgan fingerprint density at radius 3 is 1.08 bits per heavy atom. The Labute approximate surface area is 107 Å². The zero-order valence-corrected chi connectivity index (χ0v) is 6.74. The predicted octanol–water partition coefficient (Wildman–Crippen LogP) is -7.38. The van der Waals surface area contributed by atoms with E-state index >= 15 is 0 Å². The van der Waals surface area contributed by atoms with Gasteiger partial charge in [0.2, 0.25) is 0 Å². The summed E-state index contributed by atoms with van der Waals surface area (Å²) in [6.45, 7) is 0. The standard InChI is InChI=1S/CH2O3.Al.2Li.H2O4S.5H/c2-1(3)4;;;;1-5(2,3)4;;;;;/h(H2,2,3,4);;;;(H2,1,2,3,4);;;;;/q;;2*+1;;;;;2*-1. The summed E-state index contributed by atoms with van der Waals surface area (Å²) in [6, 6.07) is 0. The van der Waals surface area contributed by atoms with Crippen molar-refractivity contribution in [3.8, 4) is 0 Å². The molecule has 0 atom stereocenters. The fourth-order valence-electron chi connectivity index (χ4n) is 0. The van der Waals surface area contributed by atoms with Crippen LogP contribution in [0.25, 0.3) is 0 Å². The van der Waals surface area contributed by atoms with Gasteiger partial charge in [-0.2, -0.15) is 8.42 Å². The van der Waals surface area contributed by atoms with Gasteiger partial charge in [-0.1, -0.05) is 0 Å². The first kappa shape index (κ1) is 29.3. The topological polar surface area (TPSA) is 132 Å². The molecule has 0 saturated heterocycles. The number of rotatable bonds is 0. The van der Waals surface area contributed by atoms with E-state index in [-0.39, 0.29) is 57.9 Å². The van der Waals surface area contributed by atoms with Gasteiger partial charge in [0.05, 0.1) is 0 Å². The summed E-state index contributed by atoms with van der Waals surface area (Å²) < 4.78 is 31.6. The van der Waals surface area contributed by atoms with Gasteiger partial charge in [-0.25, -0.2) is 4.79 Å². The molecule has 0 unspecified atom stereocenters. The molecule has 0 aliphatic carbocycles. The molecular formula is CH9AlLi2O7S. The normalized spacial score (nSPS) is 6.83. The van der Waals surface area contributed by atoms with Crippen LogP contribution in [0.1, 0.15) is 2.85 Å². The summed E-state index contributed by atoms with van der Waals surface area (Å²) in [5, 5.41) is 13.9. The molecule has 0 bridgehead atoms. The van der Waals surface area contributed by atoms with Crippen LogP contribution in [-0.2, 0) is 10.4 Å². The zero-order chi connectivity index (χ0) is 8.08. The second-order valence-corrected chi connectivity index (χ2v) is 1.63. The van der Waals surface area contributed by atoms with Crippen molar-refractivity contribution in [3.05, 3.63) is 0 Å². The minimum Gasteiger partial charge on any atom is -1.00 e. The Morgan fingerprint density at radius 2 is 1.08 bits per heavy atom. The van der Waals surface area contributed by atoms with Crippen molar-refractivity contribution in [2.24, 2.45) is 0 Å². The van der Waals surface area contributed by atoms with Crippen LogP contribution in [-0.4, -0.2) is 51.3 Å². The van der Waals surface area contributed by atoms with E-state index in [1.165, 1.54) is 0 Å². The fourth-order valence-corrected chi connectivity index (χ4v) is 0. The average molecular weight is 206 g/mol. The molecule has 0 aliphatic heterocycles. The van der Waals surface area contributed by atoms with Crippen molar-refractivity contribution in [1.82, 2.24) is 0 Å². The second kappa shape index (κ2) is 14.4. The van der Waals surface area contributed by atoms with E-state index in [1.54, 1.807) is 0 Å². The zero-order valence-electron chi connectivity index (χ0n) is 7.92. The largest absolute Gasteiger partial charge is 1.00 e. The number of carboxylic acid groups (broad SMARTS) is 2. The Morgan fingerprint density at radius 1 is 1.08 bits per heavy atom. The smallest absolute Gasteiger partial charge is 1.00 e.